The van der Waals surface area contributed by atoms with Crippen LogP contribution in [0.2, 0.25) is 0 Å². The summed E-state index contributed by atoms with van der Waals surface area (Å²) >= 11 is 0. The van der Waals surface area contributed by atoms with Crippen LogP contribution in [-0.4, -0.2) is 29.7 Å². The van der Waals surface area contributed by atoms with E-state index in [2.05, 4.69) is 0 Å². The lowest BCUT2D eigenvalue weighted by Gasteiger charge is -2.38. The summed E-state index contributed by atoms with van der Waals surface area (Å²) in [5.41, 5.74) is -0.792. The molecule has 0 aliphatic carbocycles. The Balaban J connectivity index is 2.06. The zero-order valence-corrected chi connectivity index (χ0v) is 9.54. The van der Waals surface area contributed by atoms with Crippen LogP contribution in [0.4, 0.5) is 17.6 Å². The highest BCUT2D eigenvalue weighted by molar-refractivity contribution is 5.27. The van der Waals surface area contributed by atoms with Gasteiger partial charge in [-0.1, -0.05) is 6.07 Å². The predicted octanol–water partition coefficient (Wildman–Crippen LogP) is 2.27. The average molecular weight is 263 g/mol. The minimum atomic E-state index is -4.66. The molecule has 1 aliphatic rings. The molecular weight excluding hydrogens is 250 g/mol. The zero-order chi connectivity index (χ0) is 13.3. The molecule has 1 saturated heterocycles. The fraction of sp³-hybridized carbons (Fsp3) is 0.500. The minimum absolute atomic E-state index is 0.0910. The van der Waals surface area contributed by atoms with Crippen LogP contribution >= 0.6 is 0 Å². The summed E-state index contributed by atoms with van der Waals surface area (Å²) in [6.45, 7) is 1.76. The SMILES string of the molecule is OCC1CN(Cc2ccc(F)c(C(F)(F)F)c2)C1. The number of aliphatic hydroxyl groups is 1. The van der Waals surface area contributed by atoms with Crippen molar-refractivity contribution in [3.63, 3.8) is 0 Å². The summed E-state index contributed by atoms with van der Waals surface area (Å²) < 4.78 is 50.5. The molecule has 0 unspecified atom stereocenters. The van der Waals surface area contributed by atoms with Crippen LogP contribution in [0.1, 0.15) is 11.1 Å². The van der Waals surface area contributed by atoms with Gasteiger partial charge in [0.15, 0.2) is 0 Å². The molecule has 18 heavy (non-hydrogen) atoms. The lowest BCUT2D eigenvalue weighted by atomic mass is 10.00. The third kappa shape index (κ3) is 2.81. The van der Waals surface area contributed by atoms with E-state index >= 15 is 0 Å². The highest BCUT2D eigenvalue weighted by Gasteiger charge is 2.34. The minimum Gasteiger partial charge on any atom is -0.396 e. The van der Waals surface area contributed by atoms with E-state index in [9.17, 15) is 17.6 Å². The van der Waals surface area contributed by atoms with E-state index in [4.69, 9.17) is 5.11 Å². The lowest BCUT2D eigenvalue weighted by molar-refractivity contribution is -0.140. The van der Waals surface area contributed by atoms with Crippen LogP contribution in [-0.2, 0) is 12.7 Å². The summed E-state index contributed by atoms with van der Waals surface area (Å²) in [6.07, 6.45) is -4.66. The summed E-state index contributed by atoms with van der Waals surface area (Å²) in [4.78, 5) is 1.91. The smallest absolute Gasteiger partial charge is 0.396 e. The van der Waals surface area contributed by atoms with Gasteiger partial charge in [0.2, 0.25) is 0 Å². The topological polar surface area (TPSA) is 23.5 Å². The first-order chi connectivity index (χ1) is 8.40. The molecule has 1 aliphatic heterocycles. The van der Waals surface area contributed by atoms with Gasteiger partial charge >= 0.3 is 6.18 Å². The molecule has 6 heteroatoms. The Morgan fingerprint density at radius 3 is 2.50 bits per heavy atom. The molecule has 2 nitrogen and oxygen atoms in total. The van der Waals surface area contributed by atoms with E-state index in [1.807, 2.05) is 4.90 Å². The zero-order valence-electron chi connectivity index (χ0n) is 9.54. The Bertz CT molecular complexity index is 427. The monoisotopic (exact) mass is 263 g/mol. The molecule has 1 heterocycles. The summed E-state index contributed by atoms with van der Waals surface area (Å²) in [6, 6.07) is 3.06. The fourth-order valence-corrected chi connectivity index (χ4v) is 2.07. The number of likely N-dealkylation sites (tertiary alicyclic amines) is 1. The van der Waals surface area contributed by atoms with E-state index in [-0.39, 0.29) is 12.5 Å². The van der Waals surface area contributed by atoms with Gasteiger partial charge in [0, 0.05) is 32.2 Å². The first-order valence-corrected chi connectivity index (χ1v) is 5.59. The molecule has 0 atom stereocenters. The molecule has 2 rings (SSSR count). The number of hydrogen-bond acceptors (Lipinski definition) is 2. The molecule has 1 aromatic rings. The summed E-state index contributed by atoms with van der Waals surface area (Å²) in [5.74, 6) is -1.05. The second-order valence-electron chi connectivity index (χ2n) is 4.55. The van der Waals surface area contributed by atoms with Crippen molar-refractivity contribution in [3.05, 3.63) is 35.1 Å². The van der Waals surface area contributed by atoms with Crippen molar-refractivity contribution in [2.75, 3.05) is 19.7 Å². The number of rotatable bonds is 3. The van der Waals surface area contributed by atoms with Crippen LogP contribution in [0.5, 0.6) is 0 Å². The van der Waals surface area contributed by atoms with Crippen molar-refractivity contribution >= 4 is 0 Å². The number of halogens is 4. The van der Waals surface area contributed by atoms with Gasteiger partial charge in [-0.05, 0) is 17.7 Å². The Labute approximate surface area is 102 Å². The Morgan fingerprint density at radius 2 is 1.94 bits per heavy atom. The van der Waals surface area contributed by atoms with E-state index in [0.29, 0.717) is 25.2 Å². The summed E-state index contributed by atoms with van der Waals surface area (Å²) in [7, 11) is 0. The van der Waals surface area contributed by atoms with E-state index in [1.54, 1.807) is 0 Å². The van der Waals surface area contributed by atoms with Gasteiger partial charge in [0.1, 0.15) is 5.82 Å². The molecule has 0 saturated carbocycles. The number of aliphatic hydroxyl groups excluding tert-OH is 1. The Hall–Kier alpha value is -1.14. The highest BCUT2D eigenvalue weighted by atomic mass is 19.4. The van der Waals surface area contributed by atoms with Gasteiger partial charge in [-0.15, -0.1) is 0 Å². The van der Waals surface area contributed by atoms with Gasteiger partial charge in [-0.25, -0.2) is 4.39 Å². The van der Waals surface area contributed by atoms with Crippen LogP contribution in [0.15, 0.2) is 18.2 Å². The fourth-order valence-electron chi connectivity index (χ4n) is 2.07. The van der Waals surface area contributed by atoms with Gasteiger partial charge in [-0.2, -0.15) is 13.2 Å². The molecule has 0 aromatic heterocycles. The van der Waals surface area contributed by atoms with Gasteiger partial charge in [-0.3, -0.25) is 4.90 Å². The number of nitrogens with zero attached hydrogens (tertiary/aromatic N) is 1. The second-order valence-corrected chi connectivity index (χ2v) is 4.55. The third-order valence-electron chi connectivity index (χ3n) is 3.03. The van der Waals surface area contributed by atoms with Crippen LogP contribution in [0.25, 0.3) is 0 Å². The molecule has 1 N–H and O–H groups in total. The number of alkyl halides is 3. The molecule has 0 radical (unpaired) electrons. The van der Waals surface area contributed by atoms with E-state index in [1.165, 1.54) is 6.07 Å². The summed E-state index contributed by atoms with van der Waals surface area (Å²) in [5, 5.41) is 8.83. The average Bonchev–Trinajstić information content (AvgIpc) is 2.23. The van der Waals surface area contributed by atoms with E-state index < -0.39 is 17.6 Å². The normalized spacial score (nSPS) is 17.8. The largest absolute Gasteiger partial charge is 0.419 e. The van der Waals surface area contributed by atoms with Crippen molar-refractivity contribution < 1.29 is 22.7 Å². The van der Waals surface area contributed by atoms with Crippen molar-refractivity contribution in [3.8, 4) is 0 Å². The molecular formula is C12H13F4NO. The Kier molecular flexibility index (Phi) is 3.59. The maximum atomic E-state index is 13.0. The maximum absolute atomic E-state index is 13.0. The van der Waals surface area contributed by atoms with E-state index in [0.717, 1.165) is 12.1 Å². The molecule has 0 spiro atoms. The second kappa shape index (κ2) is 4.85. The van der Waals surface area contributed by atoms with Gasteiger partial charge in [0.25, 0.3) is 0 Å². The third-order valence-corrected chi connectivity index (χ3v) is 3.03. The van der Waals surface area contributed by atoms with Crippen molar-refractivity contribution in [1.82, 2.24) is 4.90 Å². The molecule has 1 aromatic carbocycles. The standard InChI is InChI=1S/C12H13F4NO/c13-11-2-1-8(3-10(11)12(14,15)16)4-17-5-9(6-17)7-18/h1-3,9,18H,4-7H2. The van der Waals surface area contributed by atoms with Crippen molar-refractivity contribution in [2.24, 2.45) is 5.92 Å². The molecule has 0 bridgehead atoms. The van der Waals surface area contributed by atoms with Crippen LogP contribution < -0.4 is 0 Å². The van der Waals surface area contributed by atoms with Crippen LogP contribution in [0.3, 0.4) is 0 Å². The van der Waals surface area contributed by atoms with Crippen LogP contribution in [0, 0.1) is 11.7 Å². The Morgan fingerprint density at radius 1 is 1.28 bits per heavy atom. The maximum Gasteiger partial charge on any atom is 0.419 e. The number of hydrogen-bond donors (Lipinski definition) is 1. The number of benzene rings is 1. The van der Waals surface area contributed by atoms with Crippen molar-refractivity contribution in [1.29, 1.82) is 0 Å². The van der Waals surface area contributed by atoms with Gasteiger partial charge < -0.3 is 5.11 Å². The highest BCUT2D eigenvalue weighted by Crippen LogP contribution is 2.32. The molecule has 1 fully saturated rings. The molecule has 100 valence electrons. The molecule has 0 amide bonds. The lowest BCUT2D eigenvalue weighted by Crippen LogP contribution is -2.47. The predicted molar refractivity (Wildman–Crippen MR) is 57.3 cm³/mol. The first-order valence-electron chi connectivity index (χ1n) is 5.59. The first kappa shape index (κ1) is 13.3. The van der Waals surface area contributed by atoms with Gasteiger partial charge in [0.05, 0.1) is 5.56 Å². The quantitative estimate of drug-likeness (QED) is 0.846. The van der Waals surface area contributed by atoms with Crippen molar-refractivity contribution in [2.45, 2.75) is 12.7 Å².